The molecule has 2 N–H and O–H groups in total. The summed E-state index contributed by atoms with van der Waals surface area (Å²) < 4.78 is 5.32. The van der Waals surface area contributed by atoms with Gasteiger partial charge in [0.05, 0.1) is 0 Å². The van der Waals surface area contributed by atoms with Crippen molar-refractivity contribution in [2.75, 3.05) is 5.32 Å². The highest BCUT2D eigenvalue weighted by atomic mass is 16.3. The van der Waals surface area contributed by atoms with Crippen LogP contribution < -0.4 is 5.32 Å². The van der Waals surface area contributed by atoms with Crippen molar-refractivity contribution in [3.8, 4) is 17.1 Å². The van der Waals surface area contributed by atoms with Crippen LogP contribution in [0.1, 0.15) is 16.1 Å². The molecule has 3 aromatic rings. The Morgan fingerprint density at radius 2 is 1.95 bits per heavy atom. The average molecular weight is 295 g/mol. The van der Waals surface area contributed by atoms with Crippen LogP contribution in [0.3, 0.4) is 0 Å². The van der Waals surface area contributed by atoms with Gasteiger partial charge in [0.25, 0.3) is 5.91 Å². The van der Waals surface area contributed by atoms with Crippen LogP contribution in [0.4, 0.5) is 5.82 Å². The zero-order valence-electron chi connectivity index (χ0n) is 11.8. The Morgan fingerprint density at radius 3 is 2.68 bits per heavy atom. The number of pyridine rings is 1. The standard InChI is InChI=1S/C16H13N3O3/c1-10-4-6-11(7-5-10)14-13(18-9-22-14)16(21)19-15-12(20)3-2-8-17-15/h2-9,20H,1H3,(H,17,19,21). The molecule has 0 radical (unpaired) electrons. The molecular weight excluding hydrogens is 282 g/mol. The number of hydrogen-bond donors (Lipinski definition) is 2. The number of aromatic nitrogens is 2. The van der Waals surface area contributed by atoms with Gasteiger partial charge in [-0.2, -0.15) is 0 Å². The number of benzene rings is 1. The number of hydrogen-bond acceptors (Lipinski definition) is 5. The van der Waals surface area contributed by atoms with Crippen molar-refractivity contribution >= 4 is 11.7 Å². The van der Waals surface area contributed by atoms with Crippen molar-refractivity contribution < 1.29 is 14.3 Å². The third-order valence-electron chi connectivity index (χ3n) is 3.11. The molecule has 110 valence electrons. The molecule has 3 rings (SSSR count). The van der Waals surface area contributed by atoms with E-state index in [2.05, 4.69) is 15.3 Å². The first kappa shape index (κ1) is 13.8. The lowest BCUT2D eigenvalue weighted by Crippen LogP contribution is -2.14. The second-order valence-corrected chi connectivity index (χ2v) is 4.72. The number of rotatable bonds is 3. The number of carbonyl (C=O) groups is 1. The first-order chi connectivity index (χ1) is 10.6. The summed E-state index contributed by atoms with van der Waals surface area (Å²) in [4.78, 5) is 20.2. The molecule has 0 aliphatic carbocycles. The van der Waals surface area contributed by atoms with Crippen molar-refractivity contribution in [2.45, 2.75) is 6.92 Å². The van der Waals surface area contributed by atoms with Gasteiger partial charge in [-0.3, -0.25) is 4.79 Å². The molecule has 6 nitrogen and oxygen atoms in total. The quantitative estimate of drug-likeness (QED) is 0.775. The van der Waals surface area contributed by atoms with E-state index >= 15 is 0 Å². The van der Waals surface area contributed by atoms with Gasteiger partial charge in [0.15, 0.2) is 29.4 Å². The van der Waals surface area contributed by atoms with Crippen LogP contribution in [-0.2, 0) is 0 Å². The Hall–Kier alpha value is -3.15. The molecular formula is C16H13N3O3. The zero-order chi connectivity index (χ0) is 15.5. The number of aryl methyl sites for hydroxylation is 1. The van der Waals surface area contributed by atoms with E-state index < -0.39 is 5.91 Å². The van der Waals surface area contributed by atoms with Crippen LogP contribution in [0.2, 0.25) is 0 Å². The number of amides is 1. The number of aromatic hydroxyl groups is 1. The van der Waals surface area contributed by atoms with Gasteiger partial charge in [0.1, 0.15) is 0 Å². The molecule has 0 aliphatic heterocycles. The number of anilines is 1. The molecule has 22 heavy (non-hydrogen) atoms. The third-order valence-corrected chi connectivity index (χ3v) is 3.11. The molecule has 0 saturated carbocycles. The summed E-state index contributed by atoms with van der Waals surface area (Å²) >= 11 is 0. The minimum Gasteiger partial charge on any atom is -0.504 e. The van der Waals surface area contributed by atoms with E-state index in [4.69, 9.17) is 4.42 Å². The minimum atomic E-state index is -0.502. The maximum Gasteiger partial charge on any atom is 0.279 e. The summed E-state index contributed by atoms with van der Waals surface area (Å²) in [5, 5.41) is 12.2. The molecule has 2 aromatic heterocycles. The normalized spacial score (nSPS) is 10.4. The highest BCUT2D eigenvalue weighted by Crippen LogP contribution is 2.25. The maximum absolute atomic E-state index is 12.3. The predicted molar refractivity (Wildman–Crippen MR) is 80.5 cm³/mol. The van der Waals surface area contributed by atoms with Crippen molar-refractivity contribution in [1.29, 1.82) is 0 Å². The minimum absolute atomic E-state index is 0.0744. The highest BCUT2D eigenvalue weighted by molar-refractivity contribution is 6.06. The monoisotopic (exact) mass is 295 g/mol. The summed E-state index contributed by atoms with van der Waals surface area (Å²) in [5.41, 5.74) is 1.99. The van der Waals surface area contributed by atoms with E-state index in [1.807, 2.05) is 31.2 Å². The Balaban J connectivity index is 1.90. The molecule has 1 aromatic carbocycles. The molecule has 0 bridgehead atoms. The number of nitrogens with one attached hydrogen (secondary N) is 1. The molecule has 0 atom stereocenters. The average Bonchev–Trinajstić information content (AvgIpc) is 3.00. The lowest BCUT2D eigenvalue weighted by molar-refractivity contribution is 0.102. The van der Waals surface area contributed by atoms with Gasteiger partial charge in [-0.1, -0.05) is 29.8 Å². The SMILES string of the molecule is Cc1ccc(-c2ocnc2C(=O)Nc2ncccc2O)cc1. The maximum atomic E-state index is 12.3. The third kappa shape index (κ3) is 2.67. The van der Waals surface area contributed by atoms with Gasteiger partial charge < -0.3 is 14.8 Å². The van der Waals surface area contributed by atoms with Gasteiger partial charge >= 0.3 is 0 Å². The first-order valence-electron chi connectivity index (χ1n) is 6.61. The van der Waals surface area contributed by atoms with Gasteiger partial charge in [-0.05, 0) is 19.1 Å². The van der Waals surface area contributed by atoms with Crippen molar-refractivity contribution in [2.24, 2.45) is 0 Å². The van der Waals surface area contributed by atoms with E-state index in [0.717, 1.165) is 11.1 Å². The van der Waals surface area contributed by atoms with E-state index in [1.54, 1.807) is 6.07 Å². The lowest BCUT2D eigenvalue weighted by Gasteiger charge is -2.05. The van der Waals surface area contributed by atoms with Gasteiger partial charge in [-0.25, -0.2) is 9.97 Å². The van der Waals surface area contributed by atoms with Gasteiger partial charge in [-0.15, -0.1) is 0 Å². The predicted octanol–water partition coefficient (Wildman–Crippen LogP) is 3.00. The fourth-order valence-corrected chi connectivity index (χ4v) is 1.98. The fraction of sp³-hybridized carbons (Fsp3) is 0.0625. The van der Waals surface area contributed by atoms with Crippen molar-refractivity contribution in [1.82, 2.24) is 9.97 Å². The van der Waals surface area contributed by atoms with Crippen molar-refractivity contribution in [3.63, 3.8) is 0 Å². The van der Waals surface area contributed by atoms with E-state index in [1.165, 1.54) is 18.7 Å². The summed E-state index contributed by atoms with van der Waals surface area (Å²) in [6.07, 6.45) is 2.68. The van der Waals surface area contributed by atoms with E-state index in [-0.39, 0.29) is 17.3 Å². The molecule has 0 unspecified atom stereocenters. The summed E-state index contributed by atoms with van der Waals surface area (Å²) in [6.45, 7) is 1.97. The van der Waals surface area contributed by atoms with Crippen LogP contribution in [-0.4, -0.2) is 21.0 Å². The molecule has 0 aliphatic rings. The molecule has 0 saturated heterocycles. The first-order valence-corrected chi connectivity index (χ1v) is 6.61. The van der Waals surface area contributed by atoms with Crippen molar-refractivity contribution in [3.05, 3.63) is 60.2 Å². The zero-order valence-corrected chi connectivity index (χ0v) is 11.8. The Morgan fingerprint density at radius 1 is 1.18 bits per heavy atom. The van der Waals surface area contributed by atoms with Crippen LogP contribution in [0.25, 0.3) is 11.3 Å². The van der Waals surface area contributed by atoms with Crippen LogP contribution in [0.5, 0.6) is 5.75 Å². The lowest BCUT2D eigenvalue weighted by atomic mass is 10.1. The molecule has 6 heteroatoms. The van der Waals surface area contributed by atoms with Gasteiger partial charge in [0.2, 0.25) is 0 Å². The van der Waals surface area contributed by atoms with E-state index in [9.17, 15) is 9.90 Å². The second kappa shape index (κ2) is 5.69. The number of oxazole rings is 1. The van der Waals surface area contributed by atoms with Crippen LogP contribution in [0, 0.1) is 6.92 Å². The summed E-state index contributed by atoms with van der Waals surface area (Å²) in [7, 11) is 0. The molecule has 0 fully saturated rings. The molecule has 1 amide bonds. The topological polar surface area (TPSA) is 88.3 Å². The summed E-state index contributed by atoms with van der Waals surface area (Å²) in [5.74, 6) is -0.173. The van der Waals surface area contributed by atoms with Gasteiger partial charge in [0, 0.05) is 11.8 Å². The largest absolute Gasteiger partial charge is 0.504 e. The van der Waals surface area contributed by atoms with E-state index in [0.29, 0.717) is 5.76 Å². The van der Waals surface area contributed by atoms with Crippen LogP contribution >= 0.6 is 0 Å². The molecule has 2 heterocycles. The second-order valence-electron chi connectivity index (χ2n) is 4.72. The Labute approximate surface area is 126 Å². The fourth-order valence-electron chi connectivity index (χ4n) is 1.98. The number of carbonyl (C=O) groups excluding carboxylic acids is 1. The molecule has 0 spiro atoms. The Kier molecular flexibility index (Phi) is 3.57. The summed E-state index contributed by atoms with van der Waals surface area (Å²) in [6, 6.07) is 10.6. The smallest absolute Gasteiger partial charge is 0.279 e. The Bertz CT molecular complexity index is 810. The van der Waals surface area contributed by atoms with Crippen LogP contribution in [0.15, 0.2) is 53.4 Å². The number of nitrogens with zero attached hydrogens (tertiary/aromatic N) is 2. The highest BCUT2D eigenvalue weighted by Gasteiger charge is 2.19.